The lowest BCUT2D eigenvalue weighted by Gasteiger charge is -2.32. The van der Waals surface area contributed by atoms with Crippen molar-refractivity contribution in [3.8, 4) is 0 Å². The van der Waals surface area contributed by atoms with Gasteiger partial charge in [-0.1, -0.05) is 6.07 Å². The van der Waals surface area contributed by atoms with Crippen LogP contribution in [0.25, 0.3) is 0 Å². The van der Waals surface area contributed by atoms with Gasteiger partial charge in [0.05, 0.1) is 0 Å². The van der Waals surface area contributed by atoms with Gasteiger partial charge < -0.3 is 10.2 Å². The Morgan fingerprint density at radius 2 is 2.00 bits per heavy atom. The number of piperazine rings is 1. The molecule has 0 spiro atoms. The molecule has 1 aliphatic heterocycles. The van der Waals surface area contributed by atoms with Gasteiger partial charge >= 0.3 is 0 Å². The highest BCUT2D eigenvalue weighted by molar-refractivity contribution is 5.03. The molecule has 1 aromatic heterocycles. The summed E-state index contributed by atoms with van der Waals surface area (Å²) in [6.07, 6.45) is 2.88. The van der Waals surface area contributed by atoms with E-state index in [2.05, 4.69) is 33.2 Å². The van der Waals surface area contributed by atoms with E-state index in [1.807, 2.05) is 18.3 Å². The third-order valence-corrected chi connectivity index (χ3v) is 3.48. The molecule has 0 saturated carbocycles. The van der Waals surface area contributed by atoms with E-state index < -0.39 is 0 Å². The van der Waals surface area contributed by atoms with E-state index >= 15 is 0 Å². The van der Waals surface area contributed by atoms with Crippen LogP contribution >= 0.6 is 0 Å². The Morgan fingerprint density at radius 3 is 2.72 bits per heavy atom. The highest BCUT2D eigenvalue weighted by Gasteiger charge is 2.12. The molecule has 0 radical (unpaired) electrons. The second-order valence-corrected chi connectivity index (χ2v) is 4.97. The fourth-order valence-corrected chi connectivity index (χ4v) is 2.20. The molecule has 4 nitrogen and oxygen atoms in total. The molecular weight excluding hydrogens is 224 g/mol. The topological polar surface area (TPSA) is 31.4 Å². The van der Waals surface area contributed by atoms with Gasteiger partial charge in [-0.25, -0.2) is 0 Å². The molecular formula is C14H24N4. The third kappa shape index (κ3) is 4.72. The normalized spacial score (nSPS) is 18.1. The van der Waals surface area contributed by atoms with Crippen LogP contribution < -0.4 is 5.32 Å². The fourth-order valence-electron chi connectivity index (χ4n) is 2.20. The van der Waals surface area contributed by atoms with Crippen LogP contribution in [0.4, 0.5) is 0 Å². The molecule has 0 unspecified atom stereocenters. The number of nitrogens with one attached hydrogen (secondary N) is 1. The smallest absolute Gasteiger partial charge is 0.0416 e. The molecule has 0 bridgehead atoms. The first-order valence-electron chi connectivity index (χ1n) is 6.86. The highest BCUT2D eigenvalue weighted by atomic mass is 15.2. The molecule has 2 heterocycles. The van der Waals surface area contributed by atoms with Crippen LogP contribution in [-0.2, 0) is 6.42 Å². The number of aromatic nitrogens is 1. The van der Waals surface area contributed by atoms with Gasteiger partial charge in [0.25, 0.3) is 0 Å². The summed E-state index contributed by atoms with van der Waals surface area (Å²) in [5.41, 5.74) is 1.17. The molecule has 1 saturated heterocycles. The van der Waals surface area contributed by atoms with Crippen molar-refractivity contribution in [2.75, 3.05) is 52.9 Å². The van der Waals surface area contributed by atoms with Crippen molar-refractivity contribution in [3.05, 3.63) is 30.1 Å². The second-order valence-electron chi connectivity index (χ2n) is 4.97. The number of rotatable bonds is 6. The minimum Gasteiger partial charge on any atom is -0.315 e. The Kier molecular flexibility index (Phi) is 5.58. The Hall–Kier alpha value is -0.970. The second kappa shape index (κ2) is 7.46. The summed E-state index contributed by atoms with van der Waals surface area (Å²) in [7, 11) is 2.20. The summed E-state index contributed by atoms with van der Waals surface area (Å²) in [6.45, 7) is 8.08. The zero-order valence-corrected chi connectivity index (χ0v) is 11.3. The van der Waals surface area contributed by atoms with Gasteiger partial charge in [0.2, 0.25) is 0 Å². The van der Waals surface area contributed by atoms with Gasteiger partial charge in [0.1, 0.15) is 0 Å². The number of hydrogen-bond donors (Lipinski definition) is 1. The standard InChI is InChI=1S/C14H24N4/c1-17-10-12-18(13-11-17)9-8-15-7-5-14-4-2-3-6-16-14/h2-4,6,15H,5,7-13H2,1H3. The average molecular weight is 248 g/mol. The molecule has 0 aromatic carbocycles. The molecule has 2 rings (SSSR count). The maximum atomic E-state index is 4.32. The first-order chi connectivity index (χ1) is 8.84. The summed E-state index contributed by atoms with van der Waals surface area (Å²) < 4.78 is 0. The van der Waals surface area contributed by atoms with Gasteiger partial charge in [-0.05, 0) is 19.2 Å². The lowest BCUT2D eigenvalue weighted by Crippen LogP contribution is -2.46. The number of nitrogens with zero attached hydrogens (tertiary/aromatic N) is 3. The summed E-state index contributed by atoms with van der Waals surface area (Å²) in [4.78, 5) is 9.25. The van der Waals surface area contributed by atoms with Crippen LogP contribution in [0.2, 0.25) is 0 Å². The van der Waals surface area contributed by atoms with Gasteiger partial charge in [-0.2, -0.15) is 0 Å². The van der Waals surface area contributed by atoms with Gasteiger partial charge in [-0.3, -0.25) is 9.88 Å². The predicted octanol–water partition coefficient (Wildman–Crippen LogP) is 0.461. The molecule has 0 amide bonds. The zero-order chi connectivity index (χ0) is 12.6. The van der Waals surface area contributed by atoms with Crippen molar-refractivity contribution >= 4 is 0 Å². The van der Waals surface area contributed by atoms with Crippen LogP contribution in [-0.4, -0.2) is 67.6 Å². The molecule has 0 aliphatic carbocycles. The molecule has 4 heteroatoms. The molecule has 1 fully saturated rings. The predicted molar refractivity (Wildman–Crippen MR) is 74.7 cm³/mol. The van der Waals surface area contributed by atoms with Gasteiger partial charge in [-0.15, -0.1) is 0 Å². The first-order valence-corrected chi connectivity index (χ1v) is 6.86. The minimum atomic E-state index is 1.02. The molecule has 1 aromatic rings. The molecule has 18 heavy (non-hydrogen) atoms. The van der Waals surface area contributed by atoms with Crippen LogP contribution in [0.15, 0.2) is 24.4 Å². The van der Waals surface area contributed by atoms with E-state index in [1.165, 1.54) is 31.9 Å². The van der Waals surface area contributed by atoms with Crippen LogP contribution in [0, 0.1) is 0 Å². The Balaban J connectivity index is 1.51. The van der Waals surface area contributed by atoms with E-state index in [9.17, 15) is 0 Å². The lowest BCUT2D eigenvalue weighted by atomic mass is 10.3. The summed E-state index contributed by atoms with van der Waals surface area (Å²) >= 11 is 0. The van der Waals surface area contributed by atoms with Gasteiger partial charge in [0, 0.05) is 64.1 Å². The molecule has 1 N–H and O–H groups in total. The van der Waals surface area contributed by atoms with Crippen molar-refractivity contribution in [1.29, 1.82) is 0 Å². The zero-order valence-electron chi connectivity index (χ0n) is 11.3. The van der Waals surface area contributed by atoms with Crippen molar-refractivity contribution in [2.24, 2.45) is 0 Å². The third-order valence-electron chi connectivity index (χ3n) is 3.48. The fraction of sp³-hybridized carbons (Fsp3) is 0.643. The summed E-state index contributed by atoms with van der Waals surface area (Å²) in [5.74, 6) is 0. The van der Waals surface area contributed by atoms with Crippen LogP contribution in [0.5, 0.6) is 0 Å². The van der Waals surface area contributed by atoms with E-state index in [4.69, 9.17) is 0 Å². The quantitative estimate of drug-likeness (QED) is 0.741. The highest BCUT2D eigenvalue weighted by Crippen LogP contribution is 1.97. The Bertz CT molecular complexity index is 320. The Labute approximate surface area is 110 Å². The summed E-state index contributed by atoms with van der Waals surface area (Å²) in [5, 5.41) is 3.50. The first kappa shape index (κ1) is 13.5. The minimum absolute atomic E-state index is 1.02. The van der Waals surface area contributed by atoms with Crippen molar-refractivity contribution < 1.29 is 0 Å². The largest absolute Gasteiger partial charge is 0.315 e. The molecule has 100 valence electrons. The lowest BCUT2D eigenvalue weighted by molar-refractivity contribution is 0.155. The molecule has 1 aliphatic rings. The van der Waals surface area contributed by atoms with Gasteiger partial charge in [0.15, 0.2) is 0 Å². The number of hydrogen-bond acceptors (Lipinski definition) is 4. The van der Waals surface area contributed by atoms with E-state index in [1.54, 1.807) is 0 Å². The van der Waals surface area contributed by atoms with Crippen LogP contribution in [0.3, 0.4) is 0 Å². The van der Waals surface area contributed by atoms with Crippen LogP contribution in [0.1, 0.15) is 5.69 Å². The monoisotopic (exact) mass is 248 g/mol. The Morgan fingerprint density at radius 1 is 1.17 bits per heavy atom. The SMILES string of the molecule is CN1CCN(CCNCCc2ccccn2)CC1. The number of pyridine rings is 1. The van der Waals surface area contributed by atoms with Crippen molar-refractivity contribution in [3.63, 3.8) is 0 Å². The number of likely N-dealkylation sites (N-methyl/N-ethyl adjacent to an activating group) is 1. The maximum absolute atomic E-state index is 4.32. The van der Waals surface area contributed by atoms with Crippen molar-refractivity contribution in [2.45, 2.75) is 6.42 Å². The van der Waals surface area contributed by atoms with Crippen molar-refractivity contribution in [1.82, 2.24) is 20.1 Å². The maximum Gasteiger partial charge on any atom is 0.0416 e. The van der Waals surface area contributed by atoms with E-state index in [0.717, 1.165) is 26.1 Å². The van der Waals surface area contributed by atoms with E-state index in [0.29, 0.717) is 0 Å². The summed E-state index contributed by atoms with van der Waals surface area (Å²) in [6, 6.07) is 6.10. The average Bonchev–Trinajstić information content (AvgIpc) is 2.42. The van der Waals surface area contributed by atoms with E-state index in [-0.39, 0.29) is 0 Å². The molecule has 0 atom stereocenters.